The molecule has 0 unspecified atom stereocenters. The molecule has 2 atom stereocenters. The third kappa shape index (κ3) is 3.23. The number of carbonyl (C=O) groups excluding carboxylic acids is 3. The zero-order valence-electron chi connectivity index (χ0n) is 8.79. The van der Waals surface area contributed by atoms with Gasteiger partial charge in [-0.25, -0.2) is 0 Å². The molecule has 1 aliphatic rings. The van der Waals surface area contributed by atoms with Crippen molar-refractivity contribution in [2.75, 3.05) is 6.54 Å². The van der Waals surface area contributed by atoms with Gasteiger partial charge in [-0.2, -0.15) is 0 Å². The van der Waals surface area contributed by atoms with E-state index in [1.54, 1.807) is 6.92 Å². The number of carbonyl (C=O) groups is 3. The number of nitrogens with one attached hydrogen (secondary N) is 3. The van der Waals surface area contributed by atoms with Gasteiger partial charge in [-0.05, 0) is 13.3 Å². The van der Waals surface area contributed by atoms with E-state index in [-0.39, 0.29) is 17.7 Å². The lowest BCUT2D eigenvalue weighted by Crippen LogP contribution is -2.49. The van der Waals surface area contributed by atoms with Gasteiger partial charge in [-0.1, -0.05) is 0 Å². The largest absolute Gasteiger partial charge is 0.354 e. The number of amides is 3. The molecule has 0 aromatic rings. The summed E-state index contributed by atoms with van der Waals surface area (Å²) in [5, 5.41) is 7.63. The lowest BCUT2D eigenvalue weighted by atomic mass is 10.2. The van der Waals surface area contributed by atoms with Crippen LogP contribution in [0.15, 0.2) is 0 Å². The first kappa shape index (κ1) is 11.5. The molecule has 1 rings (SSSR count). The van der Waals surface area contributed by atoms with E-state index in [0.29, 0.717) is 13.0 Å². The Labute approximate surface area is 87.8 Å². The van der Waals surface area contributed by atoms with E-state index in [1.165, 1.54) is 6.92 Å². The van der Waals surface area contributed by atoms with Crippen molar-refractivity contribution in [2.24, 2.45) is 0 Å². The van der Waals surface area contributed by atoms with Crippen molar-refractivity contribution < 1.29 is 14.4 Å². The SMILES string of the molecule is CC(=O)N[C@@H](C)C(=O)N[C@@H]1CCNC1=O. The number of rotatable bonds is 3. The predicted molar refractivity (Wildman–Crippen MR) is 52.8 cm³/mol. The lowest BCUT2D eigenvalue weighted by Gasteiger charge is -2.15. The van der Waals surface area contributed by atoms with Crippen molar-refractivity contribution in [3.63, 3.8) is 0 Å². The van der Waals surface area contributed by atoms with Gasteiger partial charge in [0.25, 0.3) is 0 Å². The fraction of sp³-hybridized carbons (Fsp3) is 0.667. The molecule has 84 valence electrons. The summed E-state index contributed by atoms with van der Waals surface area (Å²) in [6, 6.07) is -1.08. The van der Waals surface area contributed by atoms with Crippen LogP contribution < -0.4 is 16.0 Å². The van der Waals surface area contributed by atoms with Crippen LogP contribution in [0, 0.1) is 0 Å². The minimum Gasteiger partial charge on any atom is -0.354 e. The summed E-state index contributed by atoms with van der Waals surface area (Å²) < 4.78 is 0. The van der Waals surface area contributed by atoms with Crippen LogP contribution in [0.5, 0.6) is 0 Å². The highest BCUT2D eigenvalue weighted by Crippen LogP contribution is 1.99. The normalized spacial score (nSPS) is 21.7. The first-order valence-electron chi connectivity index (χ1n) is 4.86. The Kier molecular flexibility index (Phi) is 3.65. The first-order valence-corrected chi connectivity index (χ1v) is 4.86. The van der Waals surface area contributed by atoms with Crippen LogP contribution in [0.3, 0.4) is 0 Å². The molecule has 15 heavy (non-hydrogen) atoms. The molecule has 6 nitrogen and oxygen atoms in total. The van der Waals surface area contributed by atoms with Crippen molar-refractivity contribution in [2.45, 2.75) is 32.4 Å². The Morgan fingerprint density at radius 3 is 2.67 bits per heavy atom. The van der Waals surface area contributed by atoms with Crippen LogP contribution >= 0.6 is 0 Å². The second kappa shape index (κ2) is 4.77. The highest BCUT2D eigenvalue weighted by Gasteiger charge is 2.27. The summed E-state index contributed by atoms with van der Waals surface area (Å²) in [7, 11) is 0. The van der Waals surface area contributed by atoms with Crippen molar-refractivity contribution >= 4 is 17.7 Å². The van der Waals surface area contributed by atoms with Crippen LogP contribution in [0.2, 0.25) is 0 Å². The minimum atomic E-state index is -0.615. The molecule has 0 radical (unpaired) electrons. The molecule has 0 aliphatic carbocycles. The maximum Gasteiger partial charge on any atom is 0.242 e. The topological polar surface area (TPSA) is 87.3 Å². The molecular weight excluding hydrogens is 198 g/mol. The third-order valence-electron chi connectivity index (χ3n) is 2.18. The number of hydrogen-bond acceptors (Lipinski definition) is 3. The second-order valence-corrected chi connectivity index (χ2v) is 3.56. The minimum absolute atomic E-state index is 0.168. The summed E-state index contributed by atoms with van der Waals surface area (Å²) in [6.07, 6.45) is 0.595. The van der Waals surface area contributed by atoms with Gasteiger partial charge < -0.3 is 16.0 Å². The van der Waals surface area contributed by atoms with Crippen LogP contribution in [-0.4, -0.2) is 36.3 Å². The fourth-order valence-electron chi connectivity index (χ4n) is 1.40. The maximum atomic E-state index is 11.5. The van der Waals surface area contributed by atoms with E-state index in [2.05, 4.69) is 16.0 Å². The second-order valence-electron chi connectivity index (χ2n) is 3.56. The van der Waals surface area contributed by atoms with Gasteiger partial charge in [-0.15, -0.1) is 0 Å². The molecule has 0 bridgehead atoms. The Morgan fingerprint density at radius 1 is 1.53 bits per heavy atom. The molecule has 3 N–H and O–H groups in total. The first-order chi connectivity index (χ1) is 7.00. The van der Waals surface area contributed by atoms with E-state index in [0.717, 1.165) is 0 Å². The average molecular weight is 213 g/mol. The smallest absolute Gasteiger partial charge is 0.242 e. The molecule has 1 fully saturated rings. The van der Waals surface area contributed by atoms with Crippen molar-refractivity contribution in [1.29, 1.82) is 0 Å². The molecular formula is C9H15N3O3. The van der Waals surface area contributed by atoms with Gasteiger partial charge >= 0.3 is 0 Å². The van der Waals surface area contributed by atoms with Crippen LogP contribution in [0.4, 0.5) is 0 Å². The van der Waals surface area contributed by atoms with Crippen LogP contribution in [-0.2, 0) is 14.4 Å². The summed E-state index contributed by atoms with van der Waals surface area (Å²) in [5.41, 5.74) is 0. The molecule has 0 saturated carbocycles. The average Bonchev–Trinajstić information content (AvgIpc) is 2.50. The summed E-state index contributed by atoms with van der Waals surface area (Å²) in [4.78, 5) is 33.3. The van der Waals surface area contributed by atoms with E-state index >= 15 is 0 Å². The summed E-state index contributed by atoms with van der Waals surface area (Å²) in [5.74, 6) is -0.779. The predicted octanol–water partition coefficient (Wildman–Crippen LogP) is -1.48. The molecule has 1 heterocycles. The van der Waals surface area contributed by atoms with Crippen molar-refractivity contribution in [1.82, 2.24) is 16.0 Å². The molecule has 1 saturated heterocycles. The highest BCUT2D eigenvalue weighted by atomic mass is 16.2. The van der Waals surface area contributed by atoms with Gasteiger partial charge in [0.1, 0.15) is 12.1 Å². The van der Waals surface area contributed by atoms with Gasteiger partial charge in [0.2, 0.25) is 17.7 Å². The molecule has 0 aromatic heterocycles. The standard InChI is InChI=1S/C9H15N3O3/c1-5(11-6(2)13)8(14)12-7-3-4-10-9(7)15/h5,7H,3-4H2,1-2H3,(H,10,15)(H,11,13)(H,12,14)/t5-,7+/m0/s1. The summed E-state index contributed by atoms with van der Waals surface area (Å²) in [6.45, 7) is 3.49. The van der Waals surface area contributed by atoms with E-state index in [9.17, 15) is 14.4 Å². The Balaban J connectivity index is 2.40. The fourth-order valence-corrected chi connectivity index (χ4v) is 1.40. The van der Waals surface area contributed by atoms with Crippen LogP contribution in [0.25, 0.3) is 0 Å². The van der Waals surface area contributed by atoms with Gasteiger partial charge in [0.05, 0.1) is 0 Å². The van der Waals surface area contributed by atoms with Crippen LogP contribution in [0.1, 0.15) is 20.3 Å². The van der Waals surface area contributed by atoms with E-state index in [1.807, 2.05) is 0 Å². The van der Waals surface area contributed by atoms with E-state index < -0.39 is 12.1 Å². The summed E-state index contributed by atoms with van der Waals surface area (Å²) >= 11 is 0. The number of hydrogen-bond donors (Lipinski definition) is 3. The van der Waals surface area contributed by atoms with Gasteiger partial charge in [-0.3, -0.25) is 14.4 Å². The van der Waals surface area contributed by atoms with Crippen molar-refractivity contribution in [3.05, 3.63) is 0 Å². The molecule has 0 aromatic carbocycles. The van der Waals surface area contributed by atoms with E-state index in [4.69, 9.17) is 0 Å². The van der Waals surface area contributed by atoms with Gasteiger partial charge in [0.15, 0.2) is 0 Å². The maximum absolute atomic E-state index is 11.5. The lowest BCUT2D eigenvalue weighted by molar-refractivity contribution is -0.130. The Bertz CT molecular complexity index is 290. The zero-order chi connectivity index (χ0) is 11.4. The third-order valence-corrected chi connectivity index (χ3v) is 2.18. The monoisotopic (exact) mass is 213 g/mol. The Morgan fingerprint density at radius 2 is 2.20 bits per heavy atom. The zero-order valence-corrected chi connectivity index (χ0v) is 8.79. The molecule has 1 aliphatic heterocycles. The molecule has 6 heteroatoms. The van der Waals surface area contributed by atoms with Crippen molar-refractivity contribution in [3.8, 4) is 0 Å². The Hall–Kier alpha value is -1.59. The molecule has 3 amide bonds. The highest BCUT2D eigenvalue weighted by molar-refractivity contribution is 5.92. The molecule has 0 spiro atoms. The quantitative estimate of drug-likeness (QED) is 0.534. The van der Waals surface area contributed by atoms with Gasteiger partial charge in [0, 0.05) is 13.5 Å².